The van der Waals surface area contributed by atoms with E-state index in [1.807, 2.05) is 18.2 Å². The molecule has 0 saturated carbocycles. The van der Waals surface area contributed by atoms with Gasteiger partial charge in [0.2, 0.25) is 0 Å². The maximum absolute atomic E-state index is 5.74. The van der Waals surface area contributed by atoms with E-state index in [-0.39, 0.29) is 0 Å². The van der Waals surface area contributed by atoms with E-state index in [4.69, 9.17) is 9.47 Å². The first kappa shape index (κ1) is 12.4. The zero-order valence-electron chi connectivity index (χ0n) is 9.25. The maximum Gasteiger partial charge on any atom is 0.165 e. The minimum Gasteiger partial charge on any atom is -0.493 e. The van der Waals surface area contributed by atoms with Crippen molar-refractivity contribution in [1.82, 2.24) is 0 Å². The molecule has 0 heterocycles. The van der Waals surface area contributed by atoms with Gasteiger partial charge in [-0.25, -0.2) is 0 Å². The summed E-state index contributed by atoms with van der Waals surface area (Å²) in [4.78, 5) is 0. The van der Waals surface area contributed by atoms with Gasteiger partial charge in [-0.2, -0.15) is 0 Å². The van der Waals surface area contributed by atoms with E-state index >= 15 is 0 Å². The molecule has 3 heteroatoms. The van der Waals surface area contributed by atoms with Crippen molar-refractivity contribution in [3.05, 3.63) is 23.8 Å². The van der Waals surface area contributed by atoms with Crippen LogP contribution in [-0.4, -0.2) is 13.7 Å². The fourth-order valence-corrected chi connectivity index (χ4v) is 1.75. The van der Waals surface area contributed by atoms with E-state index < -0.39 is 0 Å². The quantitative estimate of drug-likeness (QED) is 0.580. The van der Waals surface area contributed by atoms with Crippen LogP contribution < -0.4 is 9.47 Å². The molecule has 0 radical (unpaired) electrons. The molecule has 1 rings (SSSR count). The van der Waals surface area contributed by atoms with Crippen molar-refractivity contribution < 1.29 is 9.47 Å². The SMILES string of the molecule is CCCCOc1c(CBr)cccc1OC. The first-order chi connectivity index (χ1) is 7.33. The van der Waals surface area contributed by atoms with Gasteiger partial charge in [0.15, 0.2) is 11.5 Å². The first-order valence-electron chi connectivity index (χ1n) is 5.18. The molecule has 2 nitrogen and oxygen atoms in total. The van der Waals surface area contributed by atoms with Crippen LogP contribution in [0.25, 0.3) is 0 Å². The molecule has 0 aromatic heterocycles. The van der Waals surface area contributed by atoms with Crippen molar-refractivity contribution in [3.8, 4) is 11.5 Å². The van der Waals surface area contributed by atoms with E-state index in [2.05, 4.69) is 22.9 Å². The molecule has 0 amide bonds. The summed E-state index contributed by atoms with van der Waals surface area (Å²) in [5, 5.41) is 0.783. The number of alkyl halides is 1. The van der Waals surface area contributed by atoms with Gasteiger partial charge in [0.05, 0.1) is 13.7 Å². The van der Waals surface area contributed by atoms with E-state index in [1.165, 1.54) is 0 Å². The van der Waals surface area contributed by atoms with Gasteiger partial charge in [0.25, 0.3) is 0 Å². The lowest BCUT2D eigenvalue weighted by Gasteiger charge is -2.13. The minimum absolute atomic E-state index is 0.747. The Bertz CT molecular complexity index is 277. The van der Waals surface area contributed by atoms with Gasteiger partial charge in [-0.05, 0) is 12.5 Å². The summed E-state index contributed by atoms with van der Waals surface area (Å²) in [6, 6.07) is 5.94. The van der Waals surface area contributed by atoms with Crippen LogP contribution in [0.5, 0.6) is 11.5 Å². The number of benzene rings is 1. The highest BCUT2D eigenvalue weighted by Gasteiger charge is 2.08. The Morgan fingerprint density at radius 3 is 2.73 bits per heavy atom. The summed E-state index contributed by atoms with van der Waals surface area (Å²) in [5.41, 5.74) is 1.13. The van der Waals surface area contributed by atoms with Gasteiger partial charge < -0.3 is 9.47 Å². The molecule has 0 bridgehead atoms. The third-order valence-electron chi connectivity index (χ3n) is 2.17. The average molecular weight is 273 g/mol. The van der Waals surface area contributed by atoms with E-state index in [9.17, 15) is 0 Å². The number of rotatable bonds is 6. The predicted molar refractivity (Wildman–Crippen MR) is 66.0 cm³/mol. The lowest BCUT2D eigenvalue weighted by molar-refractivity contribution is 0.286. The molecule has 0 fully saturated rings. The minimum atomic E-state index is 0.747. The van der Waals surface area contributed by atoms with Crippen molar-refractivity contribution in [2.45, 2.75) is 25.1 Å². The predicted octanol–water partition coefficient (Wildman–Crippen LogP) is 3.77. The van der Waals surface area contributed by atoms with Crippen LogP contribution in [0.15, 0.2) is 18.2 Å². The lowest BCUT2D eigenvalue weighted by Crippen LogP contribution is -2.01. The van der Waals surface area contributed by atoms with Gasteiger partial charge in [0.1, 0.15) is 0 Å². The second-order valence-electron chi connectivity index (χ2n) is 3.28. The molecule has 1 aromatic carbocycles. The molecule has 84 valence electrons. The van der Waals surface area contributed by atoms with E-state index in [0.717, 1.165) is 41.8 Å². The summed E-state index contributed by atoms with van der Waals surface area (Å²) in [7, 11) is 1.67. The number of ether oxygens (including phenoxy) is 2. The highest BCUT2D eigenvalue weighted by atomic mass is 79.9. The zero-order chi connectivity index (χ0) is 11.1. The third kappa shape index (κ3) is 3.42. The first-order valence-corrected chi connectivity index (χ1v) is 6.30. The van der Waals surface area contributed by atoms with Crippen LogP contribution >= 0.6 is 15.9 Å². The van der Waals surface area contributed by atoms with Gasteiger partial charge >= 0.3 is 0 Å². The van der Waals surface area contributed by atoms with E-state index in [1.54, 1.807) is 7.11 Å². The van der Waals surface area contributed by atoms with E-state index in [0.29, 0.717) is 0 Å². The molecule has 0 atom stereocenters. The molecule has 0 N–H and O–H groups in total. The summed E-state index contributed by atoms with van der Waals surface area (Å²) in [6.45, 7) is 2.90. The molecule has 0 saturated heterocycles. The van der Waals surface area contributed by atoms with Crippen molar-refractivity contribution in [2.75, 3.05) is 13.7 Å². The number of hydrogen-bond donors (Lipinski definition) is 0. The Hall–Kier alpha value is -0.700. The van der Waals surface area contributed by atoms with Gasteiger partial charge in [0, 0.05) is 10.9 Å². The summed E-state index contributed by atoms with van der Waals surface area (Å²) in [6.07, 6.45) is 2.21. The van der Waals surface area contributed by atoms with Crippen LogP contribution in [0.4, 0.5) is 0 Å². The molecular weight excluding hydrogens is 256 g/mol. The standard InChI is InChI=1S/C12H17BrO2/c1-3-4-8-15-12-10(9-13)6-5-7-11(12)14-2/h5-7H,3-4,8-9H2,1-2H3. The highest BCUT2D eigenvalue weighted by molar-refractivity contribution is 9.08. The summed E-state index contributed by atoms with van der Waals surface area (Å²) in [5.74, 6) is 1.67. The Kier molecular flexibility index (Phi) is 5.54. The van der Waals surface area contributed by atoms with Gasteiger partial charge in [-0.15, -0.1) is 0 Å². The maximum atomic E-state index is 5.74. The number of hydrogen-bond acceptors (Lipinski definition) is 2. The normalized spacial score (nSPS) is 10.1. The number of halogens is 1. The second-order valence-corrected chi connectivity index (χ2v) is 3.84. The van der Waals surface area contributed by atoms with Crippen LogP contribution in [0.3, 0.4) is 0 Å². The van der Waals surface area contributed by atoms with Crippen molar-refractivity contribution in [1.29, 1.82) is 0 Å². The highest BCUT2D eigenvalue weighted by Crippen LogP contribution is 2.32. The van der Waals surface area contributed by atoms with Crippen LogP contribution in [0.2, 0.25) is 0 Å². The molecule has 1 aromatic rings. The number of unbranched alkanes of at least 4 members (excludes halogenated alkanes) is 1. The van der Waals surface area contributed by atoms with Crippen molar-refractivity contribution in [2.24, 2.45) is 0 Å². The van der Waals surface area contributed by atoms with Crippen LogP contribution in [0.1, 0.15) is 25.3 Å². The molecule has 0 aliphatic carbocycles. The second kappa shape index (κ2) is 6.72. The molecule has 0 aliphatic rings. The average Bonchev–Trinajstić information content (AvgIpc) is 2.29. The molecule has 0 unspecified atom stereocenters. The zero-order valence-corrected chi connectivity index (χ0v) is 10.8. The Morgan fingerprint density at radius 2 is 2.13 bits per heavy atom. The summed E-state index contributed by atoms with van der Waals surface area (Å²) < 4.78 is 11.0. The third-order valence-corrected chi connectivity index (χ3v) is 2.77. The molecule has 0 spiro atoms. The van der Waals surface area contributed by atoms with Gasteiger partial charge in [-0.1, -0.05) is 41.4 Å². The molecule has 15 heavy (non-hydrogen) atoms. The van der Waals surface area contributed by atoms with Gasteiger partial charge in [-0.3, -0.25) is 0 Å². The Morgan fingerprint density at radius 1 is 1.33 bits per heavy atom. The topological polar surface area (TPSA) is 18.5 Å². The smallest absolute Gasteiger partial charge is 0.165 e. The lowest BCUT2D eigenvalue weighted by atomic mass is 10.2. The van der Waals surface area contributed by atoms with Crippen LogP contribution in [-0.2, 0) is 5.33 Å². The fourth-order valence-electron chi connectivity index (χ4n) is 1.31. The number of para-hydroxylation sites is 1. The number of methoxy groups -OCH3 is 1. The van der Waals surface area contributed by atoms with Crippen LogP contribution in [0, 0.1) is 0 Å². The fraction of sp³-hybridized carbons (Fsp3) is 0.500. The Labute approximate surface area is 99.7 Å². The molecular formula is C12H17BrO2. The van der Waals surface area contributed by atoms with Crippen molar-refractivity contribution >= 4 is 15.9 Å². The summed E-state index contributed by atoms with van der Waals surface area (Å²) >= 11 is 3.45. The monoisotopic (exact) mass is 272 g/mol. The molecule has 0 aliphatic heterocycles. The largest absolute Gasteiger partial charge is 0.493 e. The Balaban J connectivity index is 2.80. The van der Waals surface area contributed by atoms with Crippen molar-refractivity contribution in [3.63, 3.8) is 0 Å².